The van der Waals surface area contributed by atoms with Crippen molar-refractivity contribution in [2.24, 2.45) is 0 Å². The van der Waals surface area contributed by atoms with Crippen molar-refractivity contribution in [3.05, 3.63) is 70.1 Å². The Bertz CT molecular complexity index is 941. The number of aromatic nitrogens is 2. The van der Waals surface area contributed by atoms with Crippen LogP contribution in [-0.4, -0.2) is 45.9 Å². The third-order valence-electron chi connectivity index (χ3n) is 4.56. The Kier molecular flexibility index (Phi) is 4.85. The summed E-state index contributed by atoms with van der Waals surface area (Å²) in [6.07, 6.45) is 4.27. The van der Waals surface area contributed by atoms with Gasteiger partial charge in [0.15, 0.2) is 5.65 Å². The van der Waals surface area contributed by atoms with E-state index in [2.05, 4.69) is 22.4 Å². The number of nitrogens with one attached hydrogen (secondary N) is 1. The molecule has 1 fully saturated rings. The summed E-state index contributed by atoms with van der Waals surface area (Å²) in [5.74, 6) is -0.0829. The van der Waals surface area contributed by atoms with Crippen LogP contribution >= 0.6 is 23.2 Å². The lowest BCUT2D eigenvalue weighted by molar-refractivity contribution is 0.0697. The van der Waals surface area contributed by atoms with Crippen molar-refractivity contribution in [2.45, 2.75) is 12.5 Å². The van der Waals surface area contributed by atoms with Crippen LogP contribution in [0.25, 0.3) is 5.65 Å². The van der Waals surface area contributed by atoms with Gasteiger partial charge in [0.05, 0.1) is 10.0 Å². The summed E-state index contributed by atoms with van der Waals surface area (Å²) in [4.78, 5) is 19.2. The molecule has 134 valence electrons. The number of halogens is 2. The molecule has 1 aromatic carbocycles. The first-order valence-electron chi connectivity index (χ1n) is 8.50. The number of hydrogen-bond donors (Lipinski definition) is 1. The van der Waals surface area contributed by atoms with Crippen LogP contribution < -0.4 is 5.32 Å². The lowest BCUT2D eigenvalue weighted by atomic mass is 10.0. The Morgan fingerprint density at radius 1 is 1.23 bits per heavy atom. The van der Waals surface area contributed by atoms with Crippen molar-refractivity contribution in [3.63, 3.8) is 0 Å². The van der Waals surface area contributed by atoms with Gasteiger partial charge in [0, 0.05) is 38.1 Å². The van der Waals surface area contributed by atoms with Gasteiger partial charge < -0.3 is 14.6 Å². The summed E-state index contributed by atoms with van der Waals surface area (Å²) >= 11 is 12.2. The number of imidazole rings is 1. The number of piperazine rings is 1. The lowest BCUT2D eigenvalue weighted by Gasteiger charge is -2.33. The Labute approximate surface area is 161 Å². The Hall–Kier alpha value is -2.08. The van der Waals surface area contributed by atoms with E-state index in [4.69, 9.17) is 23.2 Å². The quantitative estimate of drug-likeness (QED) is 0.748. The largest absolute Gasteiger partial charge is 0.334 e. The van der Waals surface area contributed by atoms with Gasteiger partial charge in [-0.15, -0.1) is 0 Å². The van der Waals surface area contributed by atoms with Gasteiger partial charge in [0.2, 0.25) is 0 Å². The van der Waals surface area contributed by atoms with Crippen LogP contribution in [0.1, 0.15) is 16.1 Å². The molecular formula is C19H18Cl2N4O. The molecule has 5 nitrogen and oxygen atoms in total. The predicted octanol–water partition coefficient (Wildman–Crippen LogP) is 3.30. The minimum absolute atomic E-state index is 0.0829. The summed E-state index contributed by atoms with van der Waals surface area (Å²) < 4.78 is 1.70. The fourth-order valence-electron chi connectivity index (χ4n) is 3.33. The third kappa shape index (κ3) is 3.56. The fourth-order valence-corrected chi connectivity index (χ4v) is 3.86. The van der Waals surface area contributed by atoms with Crippen LogP contribution in [0.3, 0.4) is 0 Å². The number of nitrogens with zero attached hydrogens (tertiary/aromatic N) is 3. The van der Waals surface area contributed by atoms with E-state index in [1.807, 2.05) is 23.1 Å². The highest BCUT2D eigenvalue weighted by Gasteiger charge is 2.26. The summed E-state index contributed by atoms with van der Waals surface area (Å²) in [7, 11) is 0. The molecule has 0 radical (unpaired) electrons. The van der Waals surface area contributed by atoms with Gasteiger partial charge in [0.25, 0.3) is 5.91 Å². The Balaban J connectivity index is 1.51. The molecule has 26 heavy (non-hydrogen) atoms. The van der Waals surface area contributed by atoms with Gasteiger partial charge in [-0.3, -0.25) is 4.79 Å². The smallest absolute Gasteiger partial charge is 0.274 e. The van der Waals surface area contributed by atoms with E-state index in [0.29, 0.717) is 34.5 Å². The van der Waals surface area contributed by atoms with Crippen LogP contribution in [-0.2, 0) is 6.42 Å². The van der Waals surface area contributed by atoms with E-state index in [9.17, 15) is 4.79 Å². The predicted molar refractivity (Wildman–Crippen MR) is 103 cm³/mol. The van der Waals surface area contributed by atoms with Crippen LogP contribution in [0.15, 0.2) is 48.8 Å². The molecule has 0 spiro atoms. The molecule has 0 saturated carbocycles. The van der Waals surface area contributed by atoms with Crippen molar-refractivity contribution in [1.29, 1.82) is 0 Å². The van der Waals surface area contributed by atoms with Crippen LogP contribution in [0.4, 0.5) is 0 Å². The topological polar surface area (TPSA) is 49.6 Å². The molecule has 1 aliphatic heterocycles. The summed E-state index contributed by atoms with van der Waals surface area (Å²) in [6.45, 7) is 2.08. The van der Waals surface area contributed by atoms with Crippen molar-refractivity contribution >= 4 is 34.8 Å². The molecule has 1 saturated heterocycles. The Morgan fingerprint density at radius 2 is 2.04 bits per heavy atom. The molecule has 1 unspecified atom stereocenters. The molecule has 0 aliphatic carbocycles. The number of fused-ring (bicyclic) bond motifs is 1. The van der Waals surface area contributed by atoms with Crippen LogP contribution in [0, 0.1) is 0 Å². The van der Waals surface area contributed by atoms with Gasteiger partial charge in [-0.2, -0.15) is 0 Å². The normalized spacial score (nSPS) is 17.6. The van der Waals surface area contributed by atoms with Crippen molar-refractivity contribution in [1.82, 2.24) is 19.6 Å². The highest BCUT2D eigenvalue weighted by molar-refractivity contribution is 6.36. The average molecular weight is 389 g/mol. The molecule has 2 aromatic heterocycles. The molecule has 1 N–H and O–H groups in total. The SMILES string of the molecule is O=C(c1cn2cc(Cl)cc(Cl)c2n1)N1CCNC(Cc2ccccc2)C1. The summed E-state index contributed by atoms with van der Waals surface area (Å²) in [6, 6.07) is 12.1. The van der Waals surface area contributed by atoms with Gasteiger partial charge in [0.1, 0.15) is 5.69 Å². The third-order valence-corrected chi connectivity index (χ3v) is 5.04. The first-order valence-corrected chi connectivity index (χ1v) is 9.26. The lowest BCUT2D eigenvalue weighted by Crippen LogP contribution is -2.53. The van der Waals surface area contributed by atoms with Crippen molar-refractivity contribution in [2.75, 3.05) is 19.6 Å². The molecule has 7 heteroatoms. The standard InChI is InChI=1S/C19H18Cl2N4O/c20-14-9-16(21)18-23-17(12-25(18)10-14)19(26)24-7-6-22-15(11-24)8-13-4-2-1-3-5-13/h1-5,9-10,12,15,22H,6-8,11H2. The molecule has 4 rings (SSSR count). The Morgan fingerprint density at radius 3 is 2.85 bits per heavy atom. The van der Waals surface area contributed by atoms with Gasteiger partial charge in [-0.25, -0.2) is 4.98 Å². The highest BCUT2D eigenvalue weighted by atomic mass is 35.5. The molecule has 0 bridgehead atoms. The molecular weight excluding hydrogens is 371 g/mol. The first-order chi connectivity index (χ1) is 12.6. The molecule has 3 heterocycles. The highest BCUT2D eigenvalue weighted by Crippen LogP contribution is 2.22. The van der Waals surface area contributed by atoms with Crippen molar-refractivity contribution < 1.29 is 4.79 Å². The van der Waals surface area contributed by atoms with E-state index in [1.165, 1.54) is 5.56 Å². The molecule has 1 atom stereocenters. The van der Waals surface area contributed by atoms with E-state index in [-0.39, 0.29) is 11.9 Å². The van der Waals surface area contributed by atoms with E-state index in [0.717, 1.165) is 13.0 Å². The minimum atomic E-state index is -0.0829. The van der Waals surface area contributed by atoms with E-state index in [1.54, 1.807) is 22.9 Å². The number of benzene rings is 1. The van der Waals surface area contributed by atoms with Gasteiger partial charge >= 0.3 is 0 Å². The zero-order chi connectivity index (χ0) is 18.1. The zero-order valence-corrected chi connectivity index (χ0v) is 15.5. The van der Waals surface area contributed by atoms with Gasteiger partial charge in [-0.1, -0.05) is 53.5 Å². The van der Waals surface area contributed by atoms with Crippen molar-refractivity contribution in [3.8, 4) is 0 Å². The number of pyridine rings is 1. The summed E-state index contributed by atoms with van der Waals surface area (Å²) in [5.41, 5.74) is 2.18. The maximum Gasteiger partial charge on any atom is 0.274 e. The number of carbonyl (C=O) groups excluding carboxylic acids is 1. The second-order valence-electron chi connectivity index (χ2n) is 6.46. The minimum Gasteiger partial charge on any atom is -0.334 e. The zero-order valence-electron chi connectivity index (χ0n) is 14.0. The van der Waals surface area contributed by atoms with E-state index < -0.39 is 0 Å². The second-order valence-corrected chi connectivity index (χ2v) is 7.30. The number of hydrogen-bond acceptors (Lipinski definition) is 3. The number of rotatable bonds is 3. The van der Waals surface area contributed by atoms with Crippen LogP contribution in [0.2, 0.25) is 10.0 Å². The molecule has 3 aromatic rings. The van der Waals surface area contributed by atoms with E-state index >= 15 is 0 Å². The molecule has 1 amide bonds. The van der Waals surface area contributed by atoms with Gasteiger partial charge in [-0.05, 0) is 18.1 Å². The second kappa shape index (κ2) is 7.27. The maximum absolute atomic E-state index is 12.9. The summed E-state index contributed by atoms with van der Waals surface area (Å²) in [5, 5.41) is 4.42. The first kappa shape index (κ1) is 17.3. The average Bonchev–Trinajstić information content (AvgIpc) is 3.06. The number of amides is 1. The number of carbonyl (C=O) groups is 1. The fraction of sp³-hybridized carbons (Fsp3) is 0.263. The monoisotopic (exact) mass is 388 g/mol. The molecule has 1 aliphatic rings. The van der Waals surface area contributed by atoms with Crippen LogP contribution in [0.5, 0.6) is 0 Å². The maximum atomic E-state index is 12.9.